The van der Waals surface area contributed by atoms with E-state index in [1.165, 1.54) is 46.6 Å². The maximum atomic E-state index is 13.4. The zero-order valence-corrected chi connectivity index (χ0v) is 19.5. The van der Waals surface area contributed by atoms with Crippen LogP contribution in [0.3, 0.4) is 0 Å². The molecule has 1 amide bonds. The van der Waals surface area contributed by atoms with Crippen LogP contribution in [0.1, 0.15) is 48.9 Å². The molecule has 1 fully saturated rings. The number of Topliss-reactive ketones (excluding diaryl/α,β-unsaturated/α-hetero) is 1. The average molecular weight is 484 g/mol. The fourth-order valence-electron chi connectivity index (χ4n) is 3.64. The van der Waals surface area contributed by atoms with Crippen molar-refractivity contribution >= 4 is 33.9 Å². The van der Waals surface area contributed by atoms with Crippen molar-refractivity contribution in [1.82, 2.24) is 10.2 Å². The topological polar surface area (TPSA) is 113 Å². The summed E-state index contributed by atoms with van der Waals surface area (Å²) in [7, 11) is 0. The summed E-state index contributed by atoms with van der Waals surface area (Å²) in [4.78, 5) is 27.5. The molecule has 0 aliphatic carbocycles. The number of phenolic OH excluding ortho intramolecular Hbond substituents is 1. The summed E-state index contributed by atoms with van der Waals surface area (Å²) in [6.07, 6.45) is 0. The molecular weight excluding hydrogens is 461 g/mol. The molecule has 4 rings (SSSR count). The number of ketones is 1. The maximum Gasteiger partial charge on any atom is 0.301 e. The number of ether oxygens (including phenoxy) is 1. The van der Waals surface area contributed by atoms with Crippen molar-refractivity contribution in [3.63, 3.8) is 0 Å². The summed E-state index contributed by atoms with van der Waals surface area (Å²) in [6.45, 7) is 5.89. The molecule has 8 nitrogen and oxygen atoms in total. The average Bonchev–Trinajstić information content (AvgIpc) is 3.39. The third kappa shape index (κ3) is 4.12. The number of aliphatic hydroxyl groups is 1. The van der Waals surface area contributed by atoms with E-state index in [0.29, 0.717) is 10.6 Å². The van der Waals surface area contributed by atoms with Gasteiger partial charge in [-0.15, -0.1) is 10.2 Å². The maximum absolute atomic E-state index is 13.4. The minimum Gasteiger partial charge on any atom is -0.507 e. The number of rotatable bonds is 6. The first kappa shape index (κ1) is 23.4. The Bertz CT molecular complexity index is 1290. The van der Waals surface area contributed by atoms with Gasteiger partial charge in [0.25, 0.3) is 5.78 Å². The van der Waals surface area contributed by atoms with E-state index in [0.717, 1.165) is 12.1 Å². The van der Waals surface area contributed by atoms with Crippen LogP contribution in [0.25, 0.3) is 5.76 Å². The van der Waals surface area contributed by atoms with E-state index in [9.17, 15) is 24.2 Å². The number of carbonyl (C=O) groups excluding carboxylic acids is 2. The highest BCUT2D eigenvalue weighted by atomic mass is 32.1. The zero-order chi connectivity index (χ0) is 24.6. The lowest BCUT2D eigenvalue weighted by atomic mass is 9.95. The SMILES string of the molecule is CCOc1cc(C2C(=C(O)c3ccc(F)cc3)C(=O)C(=O)N2c2nnc(C(C)C)s2)ccc1O. The largest absolute Gasteiger partial charge is 0.507 e. The van der Waals surface area contributed by atoms with E-state index in [-0.39, 0.29) is 40.3 Å². The molecule has 1 aliphatic rings. The fourth-order valence-corrected chi connectivity index (χ4v) is 4.51. The first-order valence-electron chi connectivity index (χ1n) is 10.6. The third-order valence-corrected chi connectivity index (χ3v) is 6.51. The Morgan fingerprint density at radius 2 is 1.88 bits per heavy atom. The summed E-state index contributed by atoms with van der Waals surface area (Å²) in [5, 5.41) is 30.3. The molecule has 1 aromatic heterocycles. The van der Waals surface area contributed by atoms with Gasteiger partial charge in [0, 0.05) is 11.5 Å². The number of hydrogen-bond donors (Lipinski definition) is 2. The number of amides is 1. The van der Waals surface area contributed by atoms with E-state index in [1.807, 2.05) is 13.8 Å². The highest BCUT2D eigenvalue weighted by Gasteiger charge is 2.48. The van der Waals surface area contributed by atoms with Crippen LogP contribution in [0.2, 0.25) is 0 Å². The Balaban J connectivity index is 1.94. The summed E-state index contributed by atoms with van der Waals surface area (Å²) in [5.74, 6) is -2.66. The molecule has 1 aliphatic heterocycles. The van der Waals surface area contributed by atoms with Crippen molar-refractivity contribution < 1.29 is 28.9 Å². The number of aromatic nitrogens is 2. The Morgan fingerprint density at radius 3 is 2.50 bits per heavy atom. The molecule has 1 unspecified atom stereocenters. The van der Waals surface area contributed by atoms with Crippen LogP contribution in [0.15, 0.2) is 48.0 Å². The molecule has 2 aromatic carbocycles. The van der Waals surface area contributed by atoms with Crippen molar-refractivity contribution in [2.24, 2.45) is 0 Å². The molecule has 0 bridgehead atoms. The number of carbonyl (C=O) groups is 2. The van der Waals surface area contributed by atoms with Crippen molar-refractivity contribution in [2.75, 3.05) is 11.5 Å². The predicted molar refractivity (Wildman–Crippen MR) is 124 cm³/mol. The lowest BCUT2D eigenvalue weighted by molar-refractivity contribution is -0.132. The number of anilines is 1. The van der Waals surface area contributed by atoms with Crippen LogP contribution in [0.4, 0.5) is 9.52 Å². The molecule has 0 radical (unpaired) electrons. The number of benzene rings is 2. The first-order chi connectivity index (χ1) is 16.2. The Hall–Kier alpha value is -3.79. The normalized spacial score (nSPS) is 17.6. The van der Waals surface area contributed by atoms with Crippen molar-refractivity contribution in [2.45, 2.75) is 32.7 Å². The second kappa shape index (κ2) is 9.22. The highest BCUT2D eigenvalue weighted by Crippen LogP contribution is 2.45. The van der Waals surface area contributed by atoms with E-state index in [1.54, 1.807) is 6.92 Å². The molecule has 2 N–H and O–H groups in total. The first-order valence-corrected chi connectivity index (χ1v) is 11.4. The molecule has 3 aromatic rings. The highest BCUT2D eigenvalue weighted by molar-refractivity contribution is 7.15. The van der Waals surface area contributed by atoms with E-state index in [4.69, 9.17) is 4.74 Å². The van der Waals surface area contributed by atoms with E-state index in [2.05, 4.69) is 10.2 Å². The van der Waals surface area contributed by atoms with Crippen LogP contribution in [-0.4, -0.2) is 38.7 Å². The quantitative estimate of drug-likeness (QED) is 0.301. The standard InChI is InChI=1S/C24H22FN3O5S/c1-4-33-17-11-14(7-10-16(17)29)19-18(20(30)13-5-8-15(25)9-6-13)21(31)23(32)28(19)24-27-26-22(34-24)12(2)3/h5-12,19,29-30H,4H2,1-3H3. The van der Waals surface area contributed by atoms with Crippen LogP contribution >= 0.6 is 11.3 Å². The zero-order valence-electron chi connectivity index (χ0n) is 18.7. The Kier molecular flexibility index (Phi) is 6.34. The van der Waals surface area contributed by atoms with Crippen LogP contribution < -0.4 is 9.64 Å². The fraction of sp³-hybridized carbons (Fsp3) is 0.250. The minimum absolute atomic E-state index is 0.0546. The Labute approximate surface area is 198 Å². The summed E-state index contributed by atoms with van der Waals surface area (Å²) >= 11 is 1.17. The molecule has 2 heterocycles. The molecule has 10 heteroatoms. The van der Waals surface area contributed by atoms with Crippen molar-refractivity contribution in [3.8, 4) is 11.5 Å². The molecule has 176 valence electrons. The summed E-state index contributed by atoms with van der Waals surface area (Å²) in [6, 6.07) is 8.28. The molecule has 1 atom stereocenters. The lowest BCUT2D eigenvalue weighted by Crippen LogP contribution is -2.29. The minimum atomic E-state index is -1.07. The van der Waals surface area contributed by atoms with Gasteiger partial charge in [0.15, 0.2) is 11.5 Å². The van der Waals surface area contributed by atoms with Gasteiger partial charge in [0.2, 0.25) is 5.13 Å². The second-order valence-corrected chi connectivity index (χ2v) is 8.90. The number of halogens is 1. The monoisotopic (exact) mass is 483 g/mol. The molecule has 1 saturated heterocycles. The number of phenols is 1. The summed E-state index contributed by atoms with van der Waals surface area (Å²) in [5.41, 5.74) is 0.393. The van der Waals surface area contributed by atoms with Gasteiger partial charge in [-0.3, -0.25) is 14.5 Å². The van der Waals surface area contributed by atoms with Crippen LogP contribution in [-0.2, 0) is 9.59 Å². The van der Waals surface area contributed by atoms with Crippen LogP contribution in [0, 0.1) is 5.82 Å². The molecular formula is C24H22FN3O5S. The number of nitrogens with zero attached hydrogens (tertiary/aromatic N) is 3. The van der Waals surface area contributed by atoms with Gasteiger partial charge in [0.1, 0.15) is 16.6 Å². The third-order valence-electron chi connectivity index (χ3n) is 5.29. The smallest absolute Gasteiger partial charge is 0.301 e. The van der Waals surface area contributed by atoms with Gasteiger partial charge in [-0.25, -0.2) is 4.39 Å². The number of hydrogen-bond acceptors (Lipinski definition) is 8. The lowest BCUT2D eigenvalue weighted by Gasteiger charge is -2.23. The van der Waals surface area contributed by atoms with Gasteiger partial charge in [0.05, 0.1) is 18.2 Å². The summed E-state index contributed by atoms with van der Waals surface area (Å²) < 4.78 is 18.9. The number of aromatic hydroxyl groups is 1. The van der Waals surface area contributed by atoms with Gasteiger partial charge in [-0.05, 0) is 48.9 Å². The van der Waals surface area contributed by atoms with Gasteiger partial charge in [-0.1, -0.05) is 31.3 Å². The Morgan fingerprint density at radius 1 is 1.18 bits per heavy atom. The predicted octanol–water partition coefficient (Wildman–Crippen LogP) is 4.53. The van der Waals surface area contributed by atoms with Gasteiger partial charge in [-0.2, -0.15) is 0 Å². The van der Waals surface area contributed by atoms with E-state index >= 15 is 0 Å². The van der Waals surface area contributed by atoms with Crippen molar-refractivity contribution in [3.05, 3.63) is 70.0 Å². The van der Waals surface area contributed by atoms with Gasteiger partial charge >= 0.3 is 5.91 Å². The second-order valence-electron chi connectivity index (χ2n) is 7.91. The molecule has 0 saturated carbocycles. The molecule has 0 spiro atoms. The van der Waals surface area contributed by atoms with E-state index < -0.39 is 29.3 Å². The van der Waals surface area contributed by atoms with Gasteiger partial charge < -0.3 is 14.9 Å². The van der Waals surface area contributed by atoms with Crippen molar-refractivity contribution in [1.29, 1.82) is 0 Å². The molecule has 34 heavy (non-hydrogen) atoms. The number of aliphatic hydroxyl groups excluding tert-OH is 1. The van der Waals surface area contributed by atoms with Crippen LogP contribution in [0.5, 0.6) is 11.5 Å².